The molecule has 0 aliphatic rings. The van der Waals surface area contributed by atoms with Crippen LogP contribution in [0.4, 0.5) is 0 Å². The largest absolute Gasteiger partial charge is 0.497 e. The van der Waals surface area contributed by atoms with Crippen molar-refractivity contribution in [1.29, 1.82) is 0 Å². The minimum Gasteiger partial charge on any atom is -0.497 e. The average molecular weight is 326 g/mol. The minimum atomic E-state index is -0.128. The van der Waals surface area contributed by atoms with Gasteiger partial charge in [-0.3, -0.25) is 0 Å². The lowest BCUT2D eigenvalue weighted by Crippen LogP contribution is -2.19. The summed E-state index contributed by atoms with van der Waals surface area (Å²) < 4.78 is 10.6. The highest BCUT2D eigenvalue weighted by molar-refractivity contribution is 6.31. The van der Waals surface area contributed by atoms with Crippen molar-refractivity contribution in [3.63, 3.8) is 0 Å². The summed E-state index contributed by atoms with van der Waals surface area (Å²) in [7, 11) is 5.11. The first-order chi connectivity index (χ1) is 10.1. The second-order valence-corrected chi connectivity index (χ2v) is 5.34. The quantitative estimate of drug-likeness (QED) is 0.888. The van der Waals surface area contributed by atoms with Gasteiger partial charge in [-0.2, -0.15) is 0 Å². The molecule has 0 aliphatic heterocycles. The van der Waals surface area contributed by atoms with Crippen LogP contribution in [0.25, 0.3) is 0 Å². The van der Waals surface area contributed by atoms with Crippen molar-refractivity contribution in [2.24, 2.45) is 0 Å². The zero-order chi connectivity index (χ0) is 15.4. The molecule has 0 aromatic heterocycles. The Balaban J connectivity index is 2.51. The van der Waals surface area contributed by atoms with E-state index in [2.05, 4.69) is 5.32 Å². The SMILES string of the molecule is CNC(c1ccc(OC)cc1Cl)c1cc(Cl)ccc1OC. The lowest BCUT2D eigenvalue weighted by Gasteiger charge is -2.21. The highest BCUT2D eigenvalue weighted by Gasteiger charge is 2.20. The van der Waals surface area contributed by atoms with Gasteiger partial charge in [0.2, 0.25) is 0 Å². The van der Waals surface area contributed by atoms with Gasteiger partial charge < -0.3 is 14.8 Å². The molecule has 2 rings (SSSR count). The van der Waals surface area contributed by atoms with Gasteiger partial charge in [-0.1, -0.05) is 29.3 Å². The molecule has 0 saturated heterocycles. The summed E-state index contributed by atoms with van der Waals surface area (Å²) in [5, 5.41) is 4.52. The highest BCUT2D eigenvalue weighted by atomic mass is 35.5. The molecule has 2 aromatic rings. The molecule has 5 heteroatoms. The van der Waals surface area contributed by atoms with Crippen LogP contribution in [0.3, 0.4) is 0 Å². The Kier molecular flexibility index (Phi) is 5.34. The van der Waals surface area contributed by atoms with Gasteiger partial charge in [0.05, 0.1) is 20.3 Å². The molecule has 2 aromatic carbocycles. The van der Waals surface area contributed by atoms with Gasteiger partial charge in [-0.05, 0) is 42.9 Å². The van der Waals surface area contributed by atoms with Crippen LogP contribution in [0.2, 0.25) is 10.0 Å². The van der Waals surface area contributed by atoms with Crippen LogP contribution >= 0.6 is 23.2 Å². The van der Waals surface area contributed by atoms with E-state index in [9.17, 15) is 0 Å². The van der Waals surface area contributed by atoms with Gasteiger partial charge in [0, 0.05) is 15.6 Å². The van der Waals surface area contributed by atoms with Gasteiger partial charge in [0.15, 0.2) is 0 Å². The number of nitrogens with one attached hydrogen (secondary N) is 1. The molecular formula is C16H17Cl2NO2. The number of rotatable bonds is 5. The summed E-state index contributed by atoms with van der Waals surface area (Å²) >= 11 is 12.5. The molecule has 0 aliphatic carbocycles. The molecule has 1 N–H and O–H groups in total. The second-order valence-electron chi connectivity index (χ2n) is 4.50. The van der Waals surface area contributed by atoms with Crippen molar-refractivity contribution in [1.82, 2.24) is 5.32 Å². The molecule has 0 amide bonds. The number of hydrogen-bond donors (Lipinski definition) is 1. The Morgan fingerprint density at radius 1 is 0.952 bits per heavy atom. The van der Waals surface area contributed by atoms with Crippen LogP contribution < -0.4 is 14.8 Å². The van der Waals surface area contributed by atoms with E-state index in [0.717, 1.165) is 22.6 Å². The molecule has 112 valence electrons. The molecule has 0 heterocycles. The van der Waals surface area contributed by atoms with Crippen molar-refractivity contribution < 1.29 is 9.47 Å². The first-order valence-corrected chi connectivity index (χ1v) is 7.20. The van der Waals surface area contributed by atoms with Crippen molar-refractivity contribution >= 4 is 23.2 Å². The average Bonchev–Trinajstić information content (AvgIpc) is 2.49. The summed E-state index contributed by atoms with van der Waals surface area (Å²) in [5.41, 5.74) is 1.86. The third-order valence-electron chi connectivity index (χ3n) is 3.31. The highest BCUT2D eigenvalue weighted by Crippen LogP contribution is 2.36. The molecule has 0 fully saturated rings. The van der Waals surface area contributed by atoms with Crippen LogP contribution in [0.1, 0.15) is 17.2 Å². The first-order valence-electron chi connectivity index (χ1n) is 6.44. The van der Waals surface area contributed by atoms with E-state index in [4.69, 9.17) is 32.7 Å². The first kappa shape index (κ1) is 16.0. The minimum absolute atomic E-state index is 0.128. The fourth-order valence-electron chi connectivity index (χ4n) is 2.28. The Morgan fingerprint density at radius 2 is 1.71 bits per heavy atom. The number of hydrogen-bond acceptors (Lipinski definition) is 3. The van der Waals surface area contributed by atoms with Gasteiger partial charge >= 0.3 is 0 Å². The van der Waals surface area contributed by atoms with Crippen molar-refractivity contribution in [2.75, 3.05) is 21.3 Å². The van der Waals surface area contributed by atoms with Crippen molar-refractivity contribution in [3.8, 4) is 11.5 Å². The topological polar surface area (TPSA) is 30.5 Å². The second kappa shape index (κ2) is 7.03. The van der Waals surface area contributed by atoms with Gasteiger partial charge in [0.1, 0.15) is 11.5 Å². The Morgan fingerprint density at radius 3 is 2.29 bits per heavy atom. The van der Waals surface area contributed by atoms with E-state index in [0.29, 0.717) is 10.0 Å². The summed E-state index contributed by atoms with van der Waals surface area (Å²) in [4.78, 5) is 0. The fourth-order valence-corrected chi connectivity index (χ4v) is 2.74. The summed E-state index contributed by atoms with van der Waals surface area (Å²) in [6.45, 7) is 0. The smallest absolute Gasteiger partial charge is 0.124 e. The maximum Gasteiger partial charge on any atom is 0.124 e. The van der Waals surface area contributed by atoms with Crippen molar-refractivity contribution in [3.05, 3.63) is 57.6 Å². The molecule has 21 heavy (non-hydrogen) atoms. The maximum absolute atomic E-state index is 6.37. The zero-order valence-corrected chi connectivity index (χ0v) is 13.6. The maximum atomic E-state index is 6.37. The Bertz CT molecular complexity index is 632. The summed E-state index contributed by atoms with van der Waals surface area (Å²) in [6, 6.07) is 11.0. The van der Waals surface area contributed by atoms with Gasteiger partial charge in [0.25, 0.3) is 0 Å². The normalized spacial score (nSPS) is 12.0. The number of benzene rings is 2. The lowest BCUT2D eigenvalue weighted by atomic mass is 9.97. The molecule has 0 saturated carbocycles. The van der Waals surface area contributed by atoms with Crippen LogP contribution in [0.15, 0.2) is 36.4 Å². The molecule has 0 spiro atoms. The van der Waals surface area contributed by atoms with E-state index in [1.807, 2.05) is 31.3 Å². The van der Waals surface area contributed by atoms with Crippen molar-refractivity contribution in [2.45, 2.75) is 6.04 Å². The van der Waals surface area contributed by atoms with E-state index >= 15 is 0 Å². The molecule has 1 atom stereocenters. The predicted molar refractivity (Wildman–Crippen MR) is 86.9 cm³/mol. The molecule has 3 nitrogen and oxygen atoms in total. The summed E-state index contributed by atoms with van der Waals surface area (Å²) in [5.74, 6) is 1.47. The lowest BCUT2D eigenvalue weighted by molar-refractivity contribution is 0.405. The van der Waals surface area contributed by atoms with E-state index in [-0.39, 0.29) is 6.04 Å². The van der Waals surface area contributed by atoms with Crippen LogP contribution in [-0.4, -0.2) is 21.3 Å². The van der Waals surface area contributed by atoms with Gasteiger partial charge in [-0.15, -0.1) is 0 Å². The third kappa shape index (κ3) is 3.43. The van der Waals surface area contributed by atoms with Crippen LogP contribution in [0, 0.1) is 0 Å². The van der Waals surface area contributed by atoms with Crippen LogP contribution in [-0.2, 0) is 0 Å². The van der Waals surface area contributed by atoms with Gasteiger partial charge in [-0.25, -0.2) is 0 Å². The molecule has 1 unspecified atom stereocenters. The molecule has 0 radical (unpaired) electrons. The monoisotopic (exact) mass is 325 g/mol. The zero-order valence-electron chi connectivity index (χ0n) is 12.1. The number of methoxy groups -OCH3 is 2. The van der Waals surface area contributed by atoms with E-state index < -0.39 is 0 Å². The van der Waals surface area contributed by atoms with Crippen LogP contribution in [0.5, 0.6) is 11.5 Å². The van der Waals surface area contributed by atoms with E-state index in [1.165, 1.54) is 0 Å². The predicted octanol–water partition coefficient (Wildman–Crippen LogP) is 4.32. The summed E-state index contributed by atoms with van der Waals surface area (Å²) in [6.07, 6.45) is 0. The Labute approximate surface area is 134 Å². The number of ether oxygens (including phenoxy) is 2. The standard InChI is InChI=1S/C16H17Cl2NO2/c1-19-16(12-6-5-11(20-2)9-14(12)18)13-8-10(17)4-7-15(13)21-3/h4-9,16,19H,1-3H3. The third-order valence-corrected chi connectivity index (χ3v) is 3.87. The van der Waals surface area contributed by atoms with E-state index in [1.54, 1.807) is 26.4 Å². The fraction of sp³-hybridized carbons (Fsp3) is 0.250. The molecular weight excluding hydrogens is 309 g/mol. The Hall–Kier alpha value is -1.42. The molecule has 0 bridgehead atoms. The number of halogens is 2.